The number of nitrogens with one attached hydrogen (secondary N) is 2. The lowest BCUT2D eigenvalue weighted by molar-refractivity contribution is 0.189. The summed E-state index contributed by atoms with van der Waals surface area (Å²) < 4.78 is 6.79. The Morgan fingerprint density at radius 3 is 3.04 bits per heavy atom. The fourth-order valence-electron chi connectivity index (χ4n) is 2.03. The van der Waals surface area contributed by atoms with E-state index in [1.54, 1.807) is 29.2 Å². The van der Waals surface area contributed by atoms with Crippen LogP contribution in [0.2, 0.25) is 0 Å². The predicted molar refractivity (Wildman–Crippen MR) is 90.8 cm³/mol. The quantitative estimate of drug-likeness (QED) is 0.726. The lowest BCUT2D eigenvalue weighted by Gasteiger charge is -2.11. The number of hydrogen-bond donors (Lipinski definition) is 2. The van der Waals surface area contributed by atoms with Crippen LogP contribution < -0.4 is 10.6 Å². The van der Waals surface area contributed by atoms with E-state index in [4.69, 9.17) is 4.74 Å². The van der Waals surface area contributed by atoms with Gasteiger partial charge in [-0.25, -0.2) is 9.78 Å². The van der Waals surface area contributed by atoms with Gasteiger partial charge < -0.3 is 10.1 Å². The summed E-state index contributed by atoms with van der Waals surface area (Å²) in [5, 5.41) is 13.0. The van der Waals surface area contributed by atoms with E-state index in [1.165, 1.54) is 0 Å². The first-order chi connectivity index (χ1) is 11.1. The number of thiazole rings is 1. The van der Waals surface area contributed by atoms with Gasteiger partial charge in [-0.3, -0.25) is 10.00 Å². The van der Waals surface area contributed by atoms with Gasteiger partial charge in [0, 0.05) is 37.9 Å². The van der Waals surface area contributed by atoms with Crippen molar-refractivity contribution in [3.05, 3.63) is 28.3 Å². The third kappa shape index (κ3) is 5.33. The van der Waals surface area contributed by atoms with Crippen molar-refractivity contribution < 1.29 is 9.53 Å². The first-order valence-corrected chi connectivity index (χ1v) is 8.54. The van der Waals surface area contributed by atoms with Crippen molar-refractivity contribution in [3.63, 3.8) is 0 Å². The maximum Gasteiger partial charge on any atom is 0.320 e. The second-order valence-corrected chi connectivity index (χ2v) is 6.09. The molecule has 0 saturated carbocycles. The minimum Gasteiger partial charge on any atom is -0.385 e. The molecule has 0 aliphatic carbocycles. The standard InChI is InChI=1S/C15H23N5O2S/c1-4-14-17-12(10-23-14)11(2)16-15(21)18-13-6-8-20(19-13)7-5-9-22-3/h6,8,10-11H,4-5,7,9H2,1-3H3,(H2,16,18,19,21)/t11-/m0/s1. The maximum absolute atomic E-state index is 12.0. The largest absolute Gasteiger partial charge is 0.385 e. The van der Waals surface area contributed by atoms with Gasteiger partial charge in [-0.05, 0) is 19.8 Å². The van der Waals surface area contributed by atoms with Crippen molar-refractivity contribution in [2.75, 3.05) is 19.0 Å². The normalized spacial score (nSPS) is 12.1. The van der Waals surface area contributed by atoms with Gasteiger partial charge in [0.2, 0.25) is 0 Å². The van der Waals surface area contributed by atoms with Crippen molar-refractivity contribution >= 4 is 23.2 Å². The molecular formula is C15H23N5O2S. The molecule has 0 saturated heterocycles. The third-order valence-corrected chi connectivity index (χ3v) is 4.29. The second kappa shape index (κ2) is 8.64. The molecule has 0 unspecified atom stereocenters. The van der Waals surface area contributed by atoms with Crippen LogP contribution in [0.3, 0.4) is 0 Å². The van der Waals surface area contributed by atoms with Crippen LogP contribution in [-0.2, 0) is 17.7 Å². The fourth-order valence-corrected chi connectivity index (χ4v) is 2.87. The minimum atomic E-state index is -0.286. The van der Waals surface area contributed by atoms with E-state index in [0.717, 1.165) is 30.1 Å². The Morgan fingerprint density at radius 1 is 1.52 bits per heavy atom. The van der Waals surface area contributed by atoms with Crippen LogP contribution >= 0.6 is 11.3 Å². The van der Waals surface area contributed by atoms with Crippen molar-refractivity contribution in [2.45, 2.75) is 39.3 Å². The number of anilines is 1. The van der Waals surface area contributed by atoms with E-state index in [2.05, 4.69) is 27.6 Å². The number of ether oxygens (including phenoxy) is 1. The molecule has 0 aromatic carbocycles. The summed E-state index contributed by atoms with van der Waals surface area (Å²) in [6, 6.07) is 1.34. The number of amides is 2. The molecule has 2 heterocycles. The zero-order valence-electron chi connectivity index (χ0n) is 13.7. The van der Waals surface area contributed by atoms with Gasteiger partial charge in [0.15, 0.2) is 5.82 Å². The zero-order valence-corrected chi connectivity index (χ0v) is 14.5. The lowest BCUT2D eigenvalue weighted by atomic mass is 10.3. The van der Waals surface area contributed by atoms with Crippen LogP contribution in [0.5, 0.6) is 0 Å². The zero-order chi connectivity index (χ0) is 16.7. The Balaban J connectivity index is 1.82. The molecule has 2 aromatic rings. The minimum absolute atomic E-state index is 0.143. The monoisotopic (exact) mass is 337 g/mol. The van der Waals surface area contributed by atoms with Crippen molar-refractivity contribution in [3.8, 4) is 0 Å². The number of aromatic nitrogens is 3. The van der Waals surface area contributed by atoms with Gasteiger partial charge in [0.1, 0.15) is 0 Å². The summed E-state index contributed by atoms with van der Waals surface area (Å²) in [5.41, 5.74) is 0.882. The molecule has 0 aliphatic heterocycles. The predicted octanol–water partition coefficient (Wildman–Crippen LogP) is 2.82. The number of urea groups is 1. The number of carbonyl (C=O) groups is 1. The third-order valence-electron chi connectivity index (χ3n) is 3.28. The van der Waals surface area contributed by atoms with E-state index in [9.17, 15) is 4.79 Å². The molecule has 2 amide bonds. The average molecular weight is 337 g/mol. The van der Waals surface area contributed by atoms with Gasteiger partial charge in [0.05, 0.1) is 16.7 Å². The fraction of sp³-hybridized carbons (Fsp3) is 0.533. The smallest absolute Gasteiger partial charge is 0.320 e. The van der Waals surface area contributed by atoms with Gasteiger partial charge in [-0.2, -0.15) is 5.10 Å². The van der Waals surface area contributed by atoms with Gasteiger partial charge >= 0.3 is 6.03 Å². The Hall–Kier alpha value is -1.93. The maximum atomic E-state index is 12.0. The molecule has 0 spiro atoms. The number of methoxy groups -OCH3 is 1. The number of aryl methyl sites for hydroxylation is 2. The summed E-state index contributed by atoms with van der Waals surface area (Å²) >= 11 is 1.61. The van der Waals surface area contributed by atoms with Crippen molar-refractivity contribution in [2.24, 2.45) is 0 Å². The molecule has 2 N–H and O–H groups in total. The molecule has 126 valence electrons. The molecule has 23 heavy (non-hydrogen) atoms. The molecule has 0 fully saturated rings. The topological polar surface area (TPSA) is 81.1 Å². The van der Waals surface area contributed by atoms with E-state index in [-0.39, 0.29) is 12.1 Å². The molecule has 2 aromatic heterocycles. The molecule has 7 nitrogen and oxygen atoms in total. The van der Waals surface area contributed by atoms with Crippen molar-refractivity contribution in [1.82, 2.24) is 20.1 Å². The van der Waals surface area contributed by atoms with Gasteiger partial charge in [-0.15, -0.1) is 11.3 Å². The summed E-state index contributed by atoms with van der Waals surface area (Å²) in [4.78, 5) is 16.5. The van der Waals surface area contributed by atoms with Gasteiger partial charge in [-0.1, -0.05) is 6.92 Å². The molecule has 8 heteroatoms. The molecule has 0 aliphatic rings. The first kappa shape index (κ1) is 17.4. The first-order valence-electron chi connectivity index (χ1n) is 7.66. The molecular weight excluding hydrogens is 314 g/mol. The van der Waals surface area contributed by atoms with Gasteiger partial charge in [0.25, 0.3) is 0 Å². The average Bonchev–Trinajstić information content (AvgIpc) is 3.16. The SMILES string of the molecule is CCc1nc([C@H](C)NC(=O)Nc2ccn(CCCOC)n2)cs1. The van der Waals surface area contributed by atoms with E-state index < -0.39 is 0 Å². The highest BCUT2D eigenvalue weighted by Crippen LogP contribution is 2.17. The second-order valence-electron chi connectivity index (χ2n) is 5.15. The highest BCUT2D eigenvalue weighted by Gasteiger charge is 2.13. The van der Waals surface area contributed by atoms with Crippen LogP contribution in [-0.4, -0.2) is 34.5 Å². The highest BCUT2D eigenvalue weighted by molar-refractivity contribution is 7.09. The van der Waals surface area contributed by atoms with Crippen LogP contribution in [0.25, 0.3) is 0 Å². The molecule has 1 atom stereocenters. The van der Waals surface area contributed by atoms with Crippen LogP contribution in [0.15, 0.2) is 17.6 Å². The molecule has 0 radical (unpaired) electrons. The van der Waals surface area contributed by atoms with Crippen LogP contribution in [0, 0.1) is 0 Å². The van der Waals surface area contributed by atoms with E-state index in [0.29, 0.717) is 12.4 Å². The number of nitrogens with zero attached hydrogens (tertiary/aromatic N) is 3. The number of carbonyl (C=O) groups excluding carboxylic acids is 1. The summed E-state index contributed by atoms with van der Waals surface area (Å²) in [5.74, 6) is 0.527. The Bertz CT molecular complexity index is 625. The number of rotatable bonds is 8. The Kier molecular flexibility index (Phi) is 6.54. The van der Waals surface area contributed by atoms with E-state index in [1.807, 2.05) is 18.5 Å². The van der Waals surface area contributed by atoms with Crippen molar-refractivity contribution in [1.29, 1.82) is 0 Å². The molecule has 2 rings (SSSR count). The molecule has 0 bridgehead atoms. The highest BCUT2D eigenvalue weighted by atomic mass is 32.1. The van der Waals surface area contributed by atoms with Crippen LogP contribution in [0.1, 0.15) is 37.0 Å². The van der Waals surface area contributed by atoms with E-state index >= 15 is 0 Å². The summed E-state index contributed by atoms with van der Waals surface area (Å²) in [6.07, 6.45) is 3.62. The summed E-state index contributed by atoms with van der Waals surface area (Å²) in [7, 11) is 1.67. The Labute approximate surface area is 140 Å². The summed E-state index contributed by atoms with van der Waals surface area (Å²) in [6.45, 7) is 5.42. The number of hydrogen-bond acceptors (Lipinski definition) is 5. The Morgan fingerprint density at radius 2 is 2.35 bits per heavy atom. The van der Waals surface area contributed by atoms with Crippen LogP contribution in [0.4, 0.5) is 10.6 Å². The lowest BCUT2D eigenvalue weighted by Crippen LogP contribution is -2.31.